The van der Waals surface area contributed by atoms with Gasteiger partial charge in [0.2, 0.25) is 5.91 Å². The number of amides is 1. The number of nitrogens with one attached hydrogen (secondary N) is 1. The lowest BCUT2D eigenvalue weighted by Gasteiger charge is -2.13. The Morgan fingerprint density at radius 2 is 1.95 bits per heavy atom. The van der Waals surface area contributed by atoms with Crippen LogP contribution >= 0.6 is 0 Å². The number of nitriles is 1. The van der Waals surface area contributed by atoms with Crippen molar-refractivity contribution < 1.29 is 4.79 Å². The quantitative estimate of drug-likeness (QED) is 0.881. The third-order valence-corrected chi connectivity index (χ3v) is 3.37. The van der Waals surface area contributed by atoms with Crippen LogP contribution in [0.3, 0.4) is 0 Å². The predicted molar refractivity (Wildman–Crippen MR) is 74.7 cm³/mol. The van der Waals surface area contributed by atoms with Crippen LogP contribution in [-0.2, 0) is 4.79 Å². The first-order valence-electron chi connectivity index (χ1n) is 6.80. The van der Waals surface area contributed by atoms with Gasteiger partial charge in [-0.15, -0.1) is 0 Å². The van der Waals surface area contributed by atoms with Crippen molar-refractivity contribution in [3.05, 3.63) is 29.8 Å². The number of hydrogen-bond acceptors (Lipinski definition) is 3. The van der Waals surface area contributed by atoms with Gasteiger partial charge in [0.05, 0.1) is 11.6 Å². The van der Waals surface area contributed by atoms with Crippen LogP contribution in [0.1, 0.15) is 31.2 Å². The van der Waals surface area contributed by atoms with Crippen molar-refractivity contribution in [2.75, 3.05) is 25.0 Å². The van der Waals surface area contributed by atoms with E-state index in [0.29, 0.717) is 12.0 Å². The molecule has 0 unspecified atom stereocenters. The zero-order valence-electron chi connectivity index (χ0n) is 11.1. The highest BCUT2D eigenvalue weighted by molar-refractivity contribution is 5.90. The van der Waals surface area contributed by atoms with Gasteiger partial charge in [0.25, 0.3) is 0 Å². The Balaban J connectivity index is 1.69. The Labute approximate surface area is 114 Å². The predicted octanol–water partition coefficient (Wildman–Crippen LogP) is 2.37. The topological polar surface area (TPSA) is 56.1 Å². The number of hydrogen-bond donors (Lipinski definition) is 1. The Bertz CT molecular complexity index is 455. The van der Waals surface area contributed by atoms with Gasteiger partial charge in [0, 0.05) is 12.1 Å². The molecule has 1 aromatic rings. The van der Waals surface area contributed by atoms with Gasteiger partial charge in [0.1, 0.15) is 0 Å². The van der Waals surface area contributed by atoms with Gasteiger partial charge in [0.15, 0.2) is 0 Å². The Kier molecular flexibility index (Phi) is 4.93. The highest BCUT2D eigenvalue weighted by Gasteiger charge is 2.11. The van der Waals surface area contributed by atoms with Gasteiger partial charge in [-0.05, 0) is 63.2 Å². The summed E-state index contributed by atoms with van der Waals surface area (Å²) in [5.74, 6) is 0.0453. The van der Waals surface area contributed by atoms with Crippen molar-refractivity contribution in [2.45, 2.75) is 25.7 Å². The van der Waals surface area contributed by atoms with Crippen molar-refractivity contribution in [1.82, 2.24) is 4.90 Å². The highest BCUT2D eigenvalue weighted by Crippen LogP contribution is 2.11. The van der Waals surface area contributed by atoms with Gasteiger partial charge < -0.3 is 10.2 Å². The maximum atomic E-state index is 11.7. The molecule has 100 valence electrons. The number of rotatable bonds is 5. The van der Waals surface area contributed by atoms with Crippen molar-refractivity contribution in [1.29, 1.82) is 5.26 Å². The Morgan fingerprint density at radius 1 is 1.26 bits per heavy atom. The summed E-state index contributed by atoms with van der Waals surface area (Å²) >= 11 is 0. The van der Waals surface area contributed by atoms with E-state index in [2.05, 4.69) is 16.3 Å². The molecule has 0 aliphatic carbocycles. The minimum atomic E-state index is 0.0453. The van der Waals surface area contributed by atoms with E-state index in [9.17, 15) is 4.79 Å². The molecule has 4 heteroatoms. The fourth-order valence-electron chi connectivity index (χ4n) is 2.32. The van der Waals surface area contributed by atoms with Crippen LogP contribution in [0.5, 0.6) is 0 Å². The molecule has 1 N–H and O–H groups in total. The third-order valence-electron chi connectivity index (χ3n) is 3.37. The van der Waals surface area contributed by atoms with Crippen molar-refractivity contribution in [3.8, 4) is 6.07 Å². The average Bonchev–Trinajstić information content (AvgIpc) is 2.93. The Morgan fingerprint density at radius 3 is 2.58 bits per heavy atom. The number of carbonyl (C=O) groups excluding carboxylic acids is 1. The van der Waals surface area contributed by atoms with Crippen LogP contribution in [0.4, 0.5) is 5.69 Å². The zero-order valence-corrected chi connectivity index (χ0v) is 11.1. The largest absolute Gasteiger partial charge is 0.326 e. The van der Waals surface area contributed by atoms with Gasteiger partial charge in [-0.3, -0.25) is 4.79 Å². The lowest BCUT2D eigenvalue weighted by molar-refractivity contribution is -0.116. The van der Waals surface area contributed by atoms with Crippen molar-refractivity contribution in [2.24, 2.45) is 0 Å². The first-order valence-corrected chi connectivity index (χ1v) is 6.80. The van der Waals surface area contributed by atoms with E-state index in [1.165, 1.54) is 25.9 Å². The SMILES string of the molecule is N#Cc1ccc(NC(=O)CCCN2CCCC2)cc1. The molecule has 1 heterocycles. The van der Waals surface area contributed by atoms with Crippen LogP contribution in [0, 0.1) is 11.3 Å². The van der Waals surface area contributed by atoms with Crippen molar-refractivity contribution >= 4 is 11.6 Å². The molecule has 4 nitrogen and oxygen atoms in total. The van der Waals surface area contributed by atoms with Crippen LogP contribution in [0.25, 0.3) is 0 Å². The minimum absolute atomic E-state index is 0.0453. The lowest BCUT2D eigenvalue weighted by Crippen LogP contribution is -2.22. The molecule has 1 aromatic carbocycles. The summed E-state index contributed by atoms with van der Waals surface area (Å²) in [6.45, 7) is 3.37. The molecule has 0 atom stereocenters. The standard InChI is InChI=1S/C15H19N3O/c16-12-13-5-7-14(8-6-13)17-15(19)4-3-11-18-9-1-2-10-18/h5-8H,1-4,9-11H2,(H,17,19). The molecule has 1 aliphatic rings. The average molecular weight is 257 g/mol. The molecule has 19 heavy (non-hydrogen) atoms. The molecule has 1 saturated heterocycles. The fraction of sp³-hybridized carbons (Fsp3) is 0.467. The lowest BCUT2D eigenvalue weighted by atomic mass is 10.2. The molecule has 0 spiro atoms. The molecular weight excluding hydrogens is 238 g/mol. The first kappa shape index (κ1) is 13.6. The molecule has 0 bridgehead atoms. The number of anilines is 1. The summed E-state index contributed by atoms with van der Waals surface area (Å²) in [7, 11) is 0. The summed E-state index contributed by atoms with van der Waals surface area (Å²) in [5, 5.41) is 11.5. The van der Waals surface area contributed by atoms with Crippen LogP contribution < -0.4 is 5.32 Å². The molecule has 0 aromatic heterocycles. The molecule has 1 fully saturated rings. The third kappa shape index (κ3) is 4.38. The van der Waals surface area contributed by atoms with E-state index in [-0.39, 0.29) is 5.91 Å². The van der Waals surface area contributed by atoms with Gasteiger partial charge >= 0.3 is 0 Å². The molecule has 0 radical (unpaired) electrons. The summed E-state index contributed by atoms with van der Waals surface area (Å²) in [5.41, 5.74) is 1.36. The second-order valence-corrected chi connectivity index (χ2v) is 4.89. The maximum absolute atomic E-state index is 11.7. The normalized spacial score (nSPS) is 15.1. The van der Waals surface area contributed by atoms with Crippen molar-refractivity contribution in [3.63, 3.8) is 0 Å². The molecule has 1 aliphatic heterocycles. The van der Waals surface area contributed by atoms with Gasteiger partial charge in [-0.1, -0.05) is 0 Å². The minimum Gasteiger partial charge on any atom is -0.326 e. The summed E-state index contributed by atoms with van der Waals surface area (Å²) < 4.78 is 0. The van der Waals surface area contributed by atoms with Crippen LogP contribution in [0.15, 0.2) is 24.3 Å². The second-order valence-electron chi connectivity index (χ2n) is 4.89. The maximum Gasteiger partial charge on any atom is 0.224 e. The van der Waals surface area contributed by atoms with E-state index in [4.69, 9.17) is 5.26 Å². The smallest absolute Gasteiger partial charge is 0.224 e. The number of nitrogens with zero attached hydrogens (tertiary/aromatic N) is 2. The molecule has 2 rings (SSSR count). The monoisotopic (exact) mass is 257 g/mol. The molecular formula is C15H19N3O. The second kappa shape index (κ2) is 6.91. The van der Waals surface area contributed by atoms with E-state index < -0.39 is 0 Å². The summed E-state index contributed by atoms with van der Waals surface area (Å²) in [6.07, 6.45) is 4.04. The van der Waals surface area contributed by atoms with Gasteiger partial charge in [-0.25, -0.2) is 0 Å². The van der Waals surface area contributed by atoms with E-state index in [1.54, 1.807) is 24.3 Å². The number of carbonyl (C=O) groups is 1. The first-order chi connectivity index (χ1) is 9.28. The van der Waals surface area contributed by atoms with E-state index >= 15 is 0 Å². The van der Waals surface area contributed by atoms with Gasteiger partial charge in [-0.2, -0.15) is 5.26 Å². The summed E-state index contributed by atoms with van der Waals surface area (Å²) in [6, 6.07) is 8.99. The van der Waals surface area contributed by atoms with E-state index in [0.717, 1.165) is 18.7 Å². The summed E-state index contributed by atoms with van der Waals surface area (Å²) in [4.78, 5) is 14.2. The number of benzene rings is 1. The molecule has 0 saturated carbocycles. The van der Waals surface area contributed by atoms with E-state index in [1.807, 2.05) is 0 Å². The zero-order chi connectivity index (χ0) is 13.5. The molecule has 1 amide bonds. The Hall–Kier alpha value is -1.86. The fourth-order valence-corrected chi connectivity index (χ4v) is 2.32. The number of likely N-dealkylation sites (tertiary alicyclic amines) is 1. The van der Waals surface area contributed by atoms with Crippen LogP contribution in [-0.4, -0.2) is 30.4 Å². The highest BCUT2D eigenvalue weighted by atomic mass is 16.1. The van der Waals surface area contributed by atoms with Crippen LogP contribution in [0.2, 0.25) is 0 Å².